The number of hydrogen-bond donors (Lipinski definition) is 1. The third-order valence-electron chi connectivity index (χ3n) is 2.96. The van der Waals surface area contributed by atoms with Gasteiger partial charge in [-0.3, -0.25) is 0 Å². The molecule has 0 spiro atoms. The molecule has 2 saturated heterocycles. The quantitative estimate of drug-likeness (QED) is 0.698. The Labute approximate surface area is 77.9 Å². The SMILES string of the molecule is c1ccc([C@H]2OC3CNC2C3)cc1. The minimum atomic E-state index is 0.292. The van der Waals surface area contributed by atoms with Crippen LogP contribution in [0.3, 0.4) is 0 Å². The molecule has 3 rings (SSSR count). The molecule has 2 bridgehead atoms. The number of rotatable bonds is 1. The van der Waals surface area contributed by atoms with Crippen molar-refractivity contribution in [2.24, 2.45) is 0 Å². The molecule has 2 aliphatic rings. The van der Waals surface area contributed by atoms with Crippen molar-refractivity contribution in [2.45, 2.75) is 24.7 Å². The summed E-state index contributed by atoms with van der Waals surface area (Å²) in [6.45, 7) is 1.04. The highest BCUT2D eigenvalue weighted by Gasteiger charge is 2.40. The predicted molar refractivity (Wildman–Crippen MR) is 50.5 cm³/mol. The Morgan fingerprint density at radius 1 is 1.23 bits per heavy atom. The van der Waals surface area contributed by atoms with E-state index in [1.807, 2.05) is 6.07 Å². The van der Waals surface area contributed by atoms with E-state index in [1.54, 1.807) is 0 Å². The third-order valence-corrected chi connectivity index (χ3v) is 2.96. The molecular weight excluding hydrogens is 162 g/mol. The highest BCUT2D eigenvalue weighted by Crippen LogP contribution is 2.36. The first kappa shape index (κ1) is 7.54. The first-order valence-electron chi connectivity index (χ1n) is 4.87. The number of fused-ring (bicyclic) bond motifs is 2. The van der Waals surface area contributed by atoms with E-state index in [1.165, 1.54) is 12.0 Å². The van der Waals surface area contributed by atoms with E-state index >= 15 is 0 Å². The summed E-state index contributed by atoms with van der Waals surface area (Å²) in [5.41, 5.74) is 1.31. The molecule has 0 aromatic heterocycles. The van der Waals surface area contributed by atoms with E-state index in [4.69, 9.17) is 4.74 Å². The highest BCUT2D eigenvalue weighted by molar-refractivity contribution is 5.21. The maximum atomic E-state index is 5.88. The van der Waals surface area contributed by atoms with E-state index in [2.05, 4.69) is 29.6 Å². The van der Waals surface area contributed by atoms with Gasteiger partial charge in [-0.25, -0.2) is 0 Å². The molecule has 2 heterocycles. The molecule has 2 aliphatic heterocycles. The highest BCUT2D eigenvalue weighted by atomic mass is 16.5. The maximum Gasteiger partial charge on any atom is 0.0983 e. The topological polar surface area (TPSA) is 21.3 Å². The lowest BCUT2D eigenvalue weighted by Gasteiger charge is -2.23. The standard InChI is InChI=1S/C11H13NO/c1-2-4-8(5-3-1)11-10-6-9(13-11)7-12-10/h1-5,9-12H,6-7H2/t9?,10?,11-/m1/s1. The van der Waals surface area contributed by atoms with Crippen molar-refractivity contribution in [1.29, 1.82) is 0 Å². The molecule has 1 N–H and O–H groups in total. The van der Waals surface area contributed by atoms with Gasteiger partial charge in [-0.2, -0.15) is 0 Å². The summed E-state index contributed by atoms with van der Waals surface area (Å²) in [5, 5.41) is 3.48. The molecule has 2 unspecified atom stereocenters. The monoisotopic (exact) mass is 175 g/mol. The lowest BCUT2D eigenvalue weighted by atomic mass is 10.0. The number of hydrogen-bond acceptors (Lipinski definition) is 2. The first-order chi connectivity index (χ1) is 6.43. The van der Waals surface area contributed by atoms with E-state index in [9.17, 15) is 0 Å². The van der Waals surface area contributed by atoms with Gasteiger partial charge >= 0.3 is 0 Å². The Morgan fingerprint density at radius 3 is 2.69 bits per heavy atom. The maximum absolute atomic E-state index is 5.88. The average molecular weight is 175 g/mol. The van der Waals surface area contributed by atoms with Crippen LogP contribution < -0.4 is 5.32 Å². The molecule has 1 aromatic rings. The summed E-state index contributed by atoms with van der Waals surface area (Å²) >= 11 is 0. The lowest BCUT2D eigenvalue weighted by molar-refractivity contribution is 0.0160. The smallest absolute Gasteiger partial charge is 0.0983 e. The minimum absolute atomic E-state index is 0.292. The van der Waals surface area contributed by atoms with Gasteiger partial charge in [0.25, 0.3) is 0 Å². The van der Waals surface area contributed by atoms with Gasteiger partial charge in [0.2, 0.25) is 0 Å². The molecule has 2 fully saturated rings. The third kappa shape index (κ3) is 1.18. The normalized spacial score (nSPS) is 36.8. The summed E-state index contributed by atoms with van der Waals surface area (Å²) in [5.74, 6) is 0. The predicted octanol–water partition coefficient (Wildman–Crippen LogP) is 1.49. The van der Waals surface area contributed by atoms with Crippen molar-refractivity contribution in [2.75, 3.05) is 6.54 Å². The molecule has 0 radical (unpaired) electrons. The minimum Gasteiger partial charge on any atom is -0.367 e. The fourth-order valence-electron chi connectivity index (χ4n) is 2.32. The van der Waals surface area contributed by atoms with Gasteiger partial charge in [-0.1, -0.05) is 30.3 Å². The fraction of sp³-hybridized carbons (Fsp3) is 0.455. The summed E-state index contributed by atoms with van der Waals surface area (Å²) in [4.78, 5) is 0. The van der Waals surface area contributed by atoms with Gasteiger partial charge in [0, 0.05) is 12.6 Å². The molecule has 3 atom stereocenters. The van der Waals surface area contributed by atoms with Crippen LogP contribution in [0.5, 0.6) is 0 Å². The Balaban J connectivity index is 1.87. The molecular formula is C11H13NO. The van der Waals surface area contributed by atoms with Crippen LogP contribution in [0.2, 0.25) is 0 Å². The average Bonchev–Trinajstić information content (AvgIpc) is 2.80. The zero-order chi connectivity index (χ0) is 8.67. The molecule has 13 heavy (non-hydrogen) atoms. The zero-order valence-corrected chi connectivity index (χ0v) is 7.44. The van der Waals surface area contributed by atoms with Crippen molar-refractivity contribution in [3.63, 3.8) is 0 Å². The van der Waals surface area contributed by atoms with E-state index in [0.717, 1.165) is 6.54 Å². The summed E-state index contributed by atoms with van der Waals surface area (Å²) in [6, 6.07) is 11.0. The molecule has 0 aliphatic carbocycles. The van der Waals surface area contributed by atoms with E-state index in [0.29, 0.717) is 18.2 Å². The van der Waals surface area contributed by atoms with Gasteiger partial charge in [-0.05, 0) is 12.0 Å². The number of nitrogens with one attached hydrogen (secondary N) is 1. The second kappa shape index (κ2) is 2.82. The van der Waals surface area contributed by atoms with Crippen molar-refractivity contribution in [1.82, 2.24) is 5.32 Å². The van der Waals surface area contributed by atoms with Crippen LogP contribution in [0.15, 0.2) is 30.3 Å². The largest absolute Gasteiger partial charge is 0.367 e. The summed E-state index contributed by atoms with van der Waals surface area (Å²) in [7, 11) is 0. The molecule has 2 heteroatoms. The van der Waals surface area contributed by atoms with E-state index in [-0.39, 0.29) is 0 Å². The Kier molecular flexibility index (Phi) is 1.64. The van der Waals surface area contributed by atoms with Crippen molar-refractivity contribution >= 4 is 0 Å². The van der Waals surface area contributed by atoms with Crippen LogP contribution in [0.1, 0.15) is 18.1 Å². The van der Waals surface area contributed by atoms with Crippen LogP contribution in [0.4, 0.5) is 0 Å². The second-order valence-corrected chi connectivity index (χ2v) is 3.84. The Hall–Kier alpha value is -0.860. The zero-order valence-electron chi connectivity index (χ0n) is 7.44. The van der Waals surface area contributed by atoms with Crippen molar-refractivity contribution in [3.8, 4) is 0 Å². The van der Waals surface area contributed by atoms with Gasteiger partial charge in [0.05, 0.1) is 12.2 Å². The molecule has 2 nitrogen and oxygen atoms in total. The van der Waals surface area contributed by atoms with Crippen LogP contribution >= 0.6 is 0 Å². The van der Waals surface area contributed by atoms with Gasteiger partial charge in [-0.15, -0.1) is 0 Å². The van der Waals surface area contributed by atoms with Gasteiger partial charge < -0.3 is 10.1 Å². The number of ether oxygens (including phenoxy) is 1. The number of benzene rings is 1. The van der Waals surface area contributed by atoms with Crippen LogP contribution in [-0.4, -0.2) is 18.7 Å². The van der Waals surface area contributed by atoms with Gasteiger partial charge in [0.1, 0.15) is 0 Å². The Bertz CT molecular complexity index is 298. The lowest BCUT2D eigenvalue weighted by Crippen LogP contribution is -2.33. The van der Waals surface area contributed by atoms with Crippen LogP contribution in [0.25, 0.3) is 0 Å². The Morgan fingerprint density at radius 2 is 2.08 bits per heavy atom. The summed E-state index contributed by atoms with van der Waals surface area (Å²) in [6.07, 6.45) is 1.93. The fourth-order valence-corrected chi connectivity index (χ4v) is 2.32. The van der Waals surface area contributed by atoms with Crippen molar-refractivity contribution in [3.05, 3.63) is 35.9 Å². The second-order valence-electron chi connectivity index (χ2n) is 3.84. The van der Waals surface area contributed by atoms with Crippen molar-refractivity contribution < 1.29 is 4.74 Å². The van der Waals surface area contributed by atoms with Gasteiger partial charge in [0.15, 0.2) is 0 Å². The van der Waals surface area contributed by atoms with Crippen LogP contribution in [0, 0.1) is 0 Å². The van der Waals surface area contributed by atoms with E-state index < -0.39 is 0 Å². The first-order valence-corrected chi connectivity index (χ1v) is 4.87. The molecule has 0 amide bonds. The number of morpholine rings is 1. The molecule has 68 valence electrons. The molecule has 0 saturated carbocycles. The molecule has 1 aromatic carbocycles. The van der Waals surface area contributed by atoms with Crippen LogP contribution in [-0.2, 0) is 4.74 Å². The summed E-state index contributed by atoms with van der Waals surface area (Å²) < 4.78 is 5.88.